The van der Waals surface area contributed by atoms with Crippen LogP contribution in [0.3, 0.4) is 0 Å². The SMILES string of the molecule is Cc1c(N)ccc(-c2cnc3cnc(-c4cccc(C(N)=O)c4)cn23)c1C. The predicted octanol–water partition coefficient (Wildman–Crippen LogP) is 3.36. The van der Waals surface area contributed by atoms with E-state index in [0.29, 0.717) is 5.56 Å². The first-order chi connectivity index (χ1) is 13.0. The first-order valence-corrected chi connectivity index (χ1v) is 8.55. The van der Waals surface area contributed by atoms with Crippen LogP contribution in [0.5, 0.6) is 0 Å². The Labute approximate surface area is 156 Å². The van der Waals surface area contributed by atoms with Gasteiger partial charge in [0.1, 0.15) is 0 Å². The van der Waals surface area contributed by atoms with E-state index in [1.165, 1.54) is 0 Å². The molecule has 4 aromatic rings. The second-order valence-electron chi connectivity index (χ2n) is 6.54. The number of imidazole rings is 1. The van der Waals surface area contributed by atoms with E-state index < -0.39 is 5.91 Å². The molecule has 134 valence electrons. The van der Waals surface area contributed by atoms with Gasteiger partial charge in [0.25, 0.3) is 0 Å². The molecule has 27 heavy (non-hydrogen) atoms. The van der Waals surface area contributed by atoms with Gasteiger partial charge in [-0.2, -0.15) is 0 Å². The van der Waals surface area contributed by atoms with E-state index in [9.17, 15) is 4.79 Å². The minimum Gasteiger partial charge on any atom is -0.399 e. The molecule has 0 bridgehead atoms. The Morgan fingerprint density at radius 3 is 2.63 bits per heavy atom. The average molecular weight is 357 g/mol. The molecule has 4 rings (SSSR count). The molecule has 0 unspecified atom stereocenters. The largest absolute Gasteiger partial charge is 0.399 e. The number of anilines is 1. The number of nitrogens with two attached hydrogens (primary N) is 2. The average Bonchev–Trinajstić information content (AvgIpc) is 3.09. The van der Waals surface area contributed by atoms with Crippen molar-refractivity contribution >= 4 is 17.2 Å². The predicted molar refractivity (Wildman–Crippen MR) is 106 cm³/mol. The molecule has 0 aliphatic carbocycles. The molecule has 0 fully saturated rings. The lowest BCUT2D eigenvalue weighted by Crippen LogP contribution is -2.10. The van der Waals surface area contributed by atoms with Gasteiger partial charge in [-0.1, -0.05) is 18.2 Å². The molecule has 0 spiro atoms. The first-order valence-electron chi connectivity index (χ1n) is 8.55. The van der Waals surface area contributed by atoms with Crippen molar-refractivity contribution in [2.75, 3.05) is 5.73 Å². The van der Waals surface area contributed by atoms with Crippen molar-refractivity contribution in [1.29, 1.82) is 0 Å². The maximum absolute atomic E-state index is 11.5. The molecule has 0 atom stereocenters. The van der Waals surface area contributed by atoms with E-state index >= 15 is 0 Å². The van der Waals surface area contributed by atoms with E-state index in [1.807, 2.05) is 41.9 Å². The van der Waals surface area contributed by atoms with E-state index in [0.717, 1.165) is 45.0 Å². The molecule has 2 heterocycles. The Kier molecular flexibility index (Phi) is 3.88. The normalized spacial score (nSPS) is 11.0. The van der Waals surface area contributed by atoms with Gasteiger partial charge < -0.3 is 11.5 Å². The number of carbonyl (C=O) groups is 1. The van der Waals surface area contributed by atoms with Crippen molar-refractivity contribution in [3.63, 3.8) is 0 Å². The van der Waals surface area contributed by atoms with Crippen LogP contribution in [0, 0.1) is 13.8 Å². The van der Waals surface area contributed by atoms with E-state index in [-0.39, 0.29) is 0 Å². The number of hydrogen-bond acceptors (Lipinski definition) is 4. The van der Waals surface area contributed by atoms with Crippen LogP contribution in [-0.4, -0.2) is 20.3 Å². The second kappa shape index (κ2) is 6.25. The van der Waals surface area contributed by atoms with Gasteiger partial charge in [0, 0.05) is 28.6 Å². The summed E-state index contributed by atoms with van der Waals surface area (Å²) >= 11 is 0. The summed E-state index contributed by atoms with van der Waals surface area (Å²) in [5.41, 5.74) is 19.1. The van der Waals surface area contributed by atoms with Crippen LogP contribution in [0.1, 0.15) is 21.5 Å². The fourth-order valence-corrected chi connectivity index (χ4v) is 3.19. The van der Waals surface area contributed by atoms with Crippen LogP contribution in [-0.2, 0) is 0 Å². The molecule has 0 aliphatic rings. The third-order valence-corrected chi connectivity index (χ3v) is 4.94. The molecule has 6 heteroatoms. The van der Waals surface area contributed by atoms with Crippen LogP contribution in [0.25, 0.3) is 28.2 Å². The fraction of sp³-hybridized carbons (Fsp3) is 0.0952. The van der Waals surface area contributed by atoms with Crippen LogP contribution in [0.4, 0.5) is 5.69 Å². The van der Waals surface area contributed by atoms with Crippen molar-refractivity contribution < 1.29 is 4.79 Å². The Morgan fingerprint density at radius 2 is 1.85 bits per heavy atom. The number of fused-ring (bicyclic) bond motifs is 1. The number of amides is 1. The molecule has 2 aromatic carbocycles. The van der Waals surface area contributed by atoms with Gasteiger partial charge in [-0.15, -0.1) is 0 Å². The van der Waals surface area contributed by atoms with Gasteiger partial charge in [0.2, 0.25) is 5.91 Å². The summed E-state index contributed by atoms with van der Waals surface area (Å²) in [6, 6.07) is 11.0. The summed E-state index contributed by atoms with van der Waals surface area (Å²) in [6.07, 6.45) is 5.47. The Morgan fingerprint density at radius 1 is 1.04 bits per heavy atom. The van der Waals surface area contributed by atoms with Crippen LogP contribution < -0.4 is 11.5 Å². The maximum atomic E-state index is 11.5. The van der Waals surface area contributed by atoms with Crippen molar-refractivity contribution in [2.24, 2.45) is 5.73 Å². The summed E-state index contributed by atoms with van der Waals surface area (Å²) < 4.78 is 2.00. The number of benzene rings is 2. The van der Waals surface area contributed by atoms with Gasteiger partial charge in [-0.25, -0.2) is 4.98 Å². The highest BCUT2D eigenvalue weighted by atomic mass is 16.1. The molecular formula is C21H19N5O. The second-order valence-corrected chi connectivity index (χ2v) is 6.54. The van der Waals surface area contributed by atoms with Crippen molar-refractivity contribution in [3.05, 3.63) is 71.7 Å². The smallest absolute Gasteiger partial charge is 0.248 e. The highest BCUT2D eigenvalue weighted by molar-refractivity contribution is 5.94. The lowest BCUT2D eigenvalue weighted by molar-refractivity contribution is 0.100. The van der Waals surface area contributed by atoms with Gasteiger partial charge in [-0.05, 0) is 43.2 Å². The number of hydrogen-bond donors (Lipinski definition) is 2. The lowest BCUT2D eigenvalue weighted by atomic mass is 10.00. The van der Waals surface area contributed by atoms with Crippen LogP contribution >= 0.6 is 0 Å². The minimum atomic E-state index is -0.464. The lowest BCUT2D eigenvalue weighted by Gasteiger charge is -2.11. The highest BCUT2D eigenvalue weighted by Crippen LogP contribution is 2.30. The summed E-state index contributed by atoms with van der Waals surface area (Å²) in [4.78, 5) is 20.4. The zero-order valence-electron chi connectivity index (χ0n) is 15.1. The zero-order chi connectivity index (χ0) is 19.1. The molecule has 1 amide bonds. The van der Waals surface area contributed by atoms with Gasteiger partial charge >= 0.3 is 0 Å². The van der Waals surface area contributed by atoms with E-state index in [1.54, 1.807) is 24.4 Å². The summed E-state index contributed by atoms with van der Waals surface area (Å²) in [6.45, 7) is 4.07. The van der Waals surface area contributed by atoms with Crippen molar-refractivity contribution in [3.8, 4) is 22.5 Å². The Balaban J connectivity index is 1.89. The first kappa shape index (κ1) is 16.8. The summed E-state index contributed by atoms with van der Waals surface area (Å²) in [5, 5.41) is 0. The van der Waals surface area contributed by atoms with Crippen LogP contribution in [0.15, 0.2) is 55.0 Å². The molecule has 0 saturated heterocycles. The molecular weight excluding hydrogens is 338 g/mol. The summed E-state index contributed by atoms with van der Waals surface area (Å²) in [5.74, 6) is -0.464. The number of carbonyl (C=O) groups excluding carboxylic acids is 1. The monoisotopic (exact) mass is 357 g/mol. The molecule has 4 N–H and O–H groups in total. The van der Waals surface area contributed by atoms with Gasteiger partial charge in [0.05, 0.1) is 23.8 Å². The third kappa shape index (κ3) is 2.81. The van der Waals surface area contributed by atoms with E-state index in [4.69, 9.17) is 11.5 Å². The molecule has 2 aromatic heterocycles. The number of primary amides is 1. The zero-order valence-corrected chi connectivity index (χ0v) is 15.1. The number of rotatable bonds is 3. The molecule has 0 aliphatic heterocycles. The third-order valence-electron chi connectivity index (χ3n) is 4.94. The topological polar surface area (TPSA) is 99.3 Å². The standard InChI is InChI=1S/C21H19N5O/c1-12-13(2)17(22)7-6-16(12)19-9-25-20-10-24-18(11-26(19)20)14-4-3-5-15(8-14)21(23)27/h3-11H,22H2,1-2H3,(H2,23,27). The molecule has 0 saturated carbocycles. The van der Waals surface area contributed by atoms with Gasteiger partial charge in [0.15, 0.2) is 5.65 Å². The molecule has 0 radical (unpaired) electrons. The quantitative estimate of drug-likeness (QED) is 0.549. The number of nitrogens with zero attached hydrogens (tertiary/aromatic N) is 3. The van der Waals surface area contributed by atoms with Gasteiger partial charge in [-0.3, -0.25) is 14.2 Å². The highest BCUT2D eigenvalue weighted by Gasteiger charge is 2.13. The van der Waals surface area contributed by atoms with E-state index in [2.05, 4.69) is 16.9 Å². The fourth-order valence-electron chi connectivity index (χ4n) is 3.19. The number of aromatic nitrogens is 3. The minimum absolute atomic E-state index is 0.449. The van der Waals surface area contributed by atoms with Crippen molar-refractivity contribution in [2.45, 2.75) is 13.8 Å². The van der Waals surface area contributed by atoms with Crippen molar-refractivity contribution in [1.82, 2.24) is 14.4 Å². The van der Waals surface area contributed by atoms with Crippen LogP contribution in [0.2, 0.25) is 0 Å². The Bertz CT molecular complexity index is 1190. The maximum Gasteiger partial charge on any atom is 0.248 e. The number of nitrogen functional groups attached to an aromatic ring is 1. The summed E-state index contributed by atoms with van der Waals surface area (Å²) in [7, 11) is 0. The Hall–Kier alpha value is -3.67. The molecule has 6 nitrogen and oxygen atoms in total.